The fourth-order valence-electron chi connectivity index (χ4n) is 11.2. The van der Waals surface area contributed by atoms with Crippen LogP contribution in [0.2, 0.25) is 0 Å². The average molecular weight is 513 g/mol. The van der Waals surface area contributed by atoms with Gasteiger partial charge in [-0.05, 0) is 75.4 Å². The van der Waals surface area contributed by atoms with Crippen LogP contribution in [0, 0.1) is 58.7 Å². The molecular weight excluding hydrogens is 472 g/mol. The third-order valence-corrected chi connectivity index (χ3v) is 12.5. The molecule has 5 aliphatic carbocycles. The molecule has 7 rings (SSSR count). The summed E-state index contributed by atoms with van der Waals surface area (Å²) in [6, 6.07) is 0. The van der Waals surface area contributed by atoms with Gasteiger partial charge >= 0.3 is 11.9 Å². The number of hydrogen-bond acceptors (Lipinski definition) is 7. The quantitative estimate of drug-likeness (QED) is 0.338. The number of allylic oxidation sites excluding steroid dienone is 1. The number of aliphatic hydroxyl groups excluding tert-OH is 1. The van der Waals surface area contributed by atoms with Gasteiger partial charge in [-0.25, -0.2) is 0 Å². The highest BCUT2D eigenvalue weighted by atomic mass is 16.6. The second-order valence-corrected chi connectivity index (χ2v) is 14.0. The highest BCUT2D eigenvalue weighted by Gasteiger charge is 2.82. The zero-order valence-corrected chi connectivity index (χ0v) is 22.4. The van der Waals surface area contributed by atoms with E-state index in [0.29, 0.717) is 31.3 Å². The summed E-state index contributed by atoms with van der Waals surface area (Å²) >= 11 is 0. The lowest BCUT2D eigenvalue weighted by atomic mass is 9.57. The maximum atomic E-state index is 13.0. The molecule has 3 N–H and O–H groups in total. The van der Waals surface area contributed by atoms with E-state index in [1.165, 1.54) is 0 Å². The largest absolute Gasteiger partial charge is 0.461 e. The van der Waals surface area contributed by atoms with Crippen molar-refractivity contribution in [3.8, 4) is 0 Å². The molecule has 7 nitrogen and oxygen atoms in total. The summed E-state index contributed by atoms with van der Waals surface area (Å²) in [6.45, 7) is 14.1. The number of carbonyl (C=O) groups is 2. The van der Waals surface area contributed by atoms with Crippen LogP contribution in [0.5, 0.6) is 0 Å². The molecule has 37 heavy (non-hydrogen) atoms. The Kier molecular flexibility index (Phi) is 4.66. The minimum absolute atomic E-state index is 0.00106. The SMILES string of the molecule is C=C1C(O)C2C3C4C(=C(C)C3C13C1OC(=O)C(C)C1CCC(C)(O)C23)C1OC(=O)C(C)C1CCC4(C)O. The van der Waals surface area contributed by atoms with E-state index in [-0.39, 0.29) is 71.3 Å². The monoisotopic (exact) mass is 512 g/mol. The lowest BCUT2D eigenvalue weighted by molar-refractivity contribution is -0.152. The highest BCUT2D eigenvalue weighted by molar-refractivity contribution is 5.76. The first-order valence-corrected chi connectivity index (χ1v) is 14.2. The minimum Gasteiger partial charge on any atom is -0.461 e. The van der Waals surface area contributed by atoms with Crippen molar-refractivity contribution in [3.05, 3.63) is 23.3 Å². The molecule has 15 unspecified atom stereocenters. The summed E-state index contributed by atoms with van der Waals surface area (Å²) in [4.78, 5) is 25.7. The first-order valence-electron chi connectivity index (χ1n) is 14.2. The van der Waals surface area contributed by atoms with Gasteiger partial charge in [-0.2, -0.15) is 0 Å². The van der Waals surface area contributed by atoms with Crippen molar-refractivity contribution in [1.82, 2.24) is 0 Å². The minimum atomic E-state index is -1.08. The van der Waals surface area contributed by atoms with Crippen molar-refractivity contribution in [1.29, 1.82) is 0 Å². The molecule has 0 aromatic carbocycles. The normalized spacial score (nSPS) is 59.7. The fraction of sp³-hybridized carbons (Fsp3) is 0.800. The summed E-state index contributed by atoms with van der Waals surface area (Å²) in [6.07, 6.45) is 0.689. The molecule has 7 heteroatoms. The molecule has 0 spiro atoms. The van der Waals surface area contributed by atoms with Crippen LogP contribution in [-0.2, 0) is 19.1 Å². The topological polar surface area (TPSA) is 113 Å². The van der Waals surface area contributed by atoms with E-state index < -0.39 is 28.8 Å². The van der Waals surface area contributed by atoms with Crippen molar-refractivity contribution in [2.45, 2.75) is 89.8 Å². The van der Waals surface area contributed by atoms with Crippen molar-refractivity contribution in [3.63, 3.8) is 0 Å². The zero-order chi connectivity index (χ0) is 26.6. The second kappa shape index (κ2) is 7.08. The first kappa shape index (κ1) is 24.3. The second-order valence-electron chi connectivity index (χ2n) is 14.0. The summed E-state index contributed by atoms with van der Waals surface area (Å²) in [5.41, 5.74) is -0.238. The summed E-state index contributed by atoms with van der Waals surface area (Å²) in [5, 5.41) is 35.9. The van der Waals surface area contributed by atoms with Gasteiger partial charge in [-0.3, -0.25) is 9.59 Å². The van der Waals surface area contributed by atoms with E-state index in [1.807, 2.05) is 27.7 Å². The number of esters is 2. The van der Waals surface area contributed by atoms with Gasteiger partial charge in [0.2, 0.25) is 0 Å². The van der Waals surface area contributed by atoms with Crippen LogP contribution < -0.4 is 0 Å². The van der Waals surface area contributed by atoms with Crippen molar-refractivity contribution >= 4 is 11.9 Å². The molecule has 0 aromatic heterocycles. The predicted molar refractivity (Wildman–Crippen MR) is 133 cm³/mol. The smallest absolute Gasteiger partial charge is 0.309 e. The molecule has 2 aliphatic heterocycles. The van der Waals surface area contributed by atoms with Crippen LogP contribution in [0.1, 0.15) is 60.3 Å². The van der Waals surface area contributed by atoms with E-state index in [9.17, 15) is 24.9 Å². The molecule has 0 aromatic rings. The standard InChI is InChI=1S/C30H40O7/c1-11-15-7-9-28(5,34)21-17(23(15)36-26(11)32)13(3)20-18(21)19-22(31)14(4)30(20)24(19)29(6,35)10-8-16-12(2)27(33)37-25(16)30/h11-12,15-16,18-25,31,34-35H,4,7-10H2,1-3,5-6H3. The van der Waals surface area contributed by atoms with E-state index in [4.69, 9.17) is 9.47 Å². The van der Waals surface area contributed by atoms with Crippen LogP contribution in [0.3, 0.4) is 0 Å². The van der Waals surface area contributed by atoms with Crippen LogP contribution in [0.25, 0.3) is 0 Å². The third kappa shape index (κ3) is 2.56. The van der Waals surface area contributed by atoms with Gasteiger partial charge in [0, 0.05) is 29.1 Å². The number of rotatable bonds is 0. The molecule has 202 valence electrons. The lowest BCUT2D eigenvalue weighted by Gasteiger charge is -2.48. The van der Waals surface area contributed by atoms with E-state index in [0.717, 1.165) is 11.1 Å². The highest BCUT2D eigenvalue weighted by Crippen LogP contribution is 2.79. The van der Waals surface area contributed by atoms with E-state index >= 15 is 0 Å². The van der Waals surface area contributed by atoms with Gasteiger partial charge < -0.3 is 24.8 Å². The number of carbonyl (C=O) groups excluding carboxylic acids is 2. The lowest BCUT2D eigenvalue weighted by Crippen LogP contribution is -2.51. The van der Waals surface area contributed by atoms with Crippen molar-refractivity contribution in [2.75, 3.05) is 0 Å². The Morgan fingerprint density at radius 3 is 2.19 bits per heavy atom. The Labute approximate surface area is 218 Å². The number of ether oxygens (including phenoxy) is 2. The number of aliphatic hydroxyl groups is 3. The van der Waals surface area contributed by atoms with E-state index in [1.54, 1.807) is 0 Å². The van der Waals surface area contributed by atoms with Gasteiger partial charge in [-0.1, -0.05) is 26.0 Å². The number of hydrogen-bond donors (Lipinski definition) is 3. The Balaban J connectivity index is 1.49. The molecule has 2 bridgehead atoms. The number of fused-ring (bicyclic) bond motifs is 7. The van der Waals surface area contributed by atoms with Crippen molar-refractivity contribution < 1.29 is 34.4 Å². The van der Waals surface area contributed by atoms with Gasteiger partial charge in [0.1, 0.15) is 12.2 Å². The molecular formula is C30H40O7. The molecule has 0 radical (unpaired) electrons. The molecule has 2 heterocycles. The first-order chi connectivity index (χ1) is 17.3. The molecule has 6 fully saturated rings. The van der Waals surface area contributed by atoms with Crippen LogP contribution in [0.4, 0.5) is 0 Å². The fourth-order valence-corrected chi connectivity index (χ4v) is 11.2. The maximum absolute atomic E-state index is 13.0. The van der Waals surface area contributed by atoms with Crippen molar-refractivity contribution in [2.24, 2.45) is 58.7 Å². The van der Waals surface area contributed by atoms with Crippen LogP contribution in [0.15, 0.2) is 23.3 Å². The van der Waals surface area contributed by atoms with Gasteiger partial charge in [0.25, 0.3) is 0 Å². The maximum Gasteiger partial charge on any atom is 0.309 e. The molecule has 0 amide bonds. The Hall–Kier alpha value is -1.70. The average Bonchev–Trinajstić information content (AvgIpc) is 3.50. The van der Waals surface area contributed by atoms with Crippen LogP contribution >= 0.6 is 0 Å². The Bertz CT molecular complexity index is 1150. The third-order valence-electron chi connectivity index (χ3n) is 12.5. The van der Waals surface area contributed by atoms with Gasteiger partial charge in [0.05, 0.1) is 29.1 Å². The van der Waals surface area contributed by atoms with E-state index in [2.05, 4.69) is 13.5 Å². The summed E-state index contributed by atoms with van der Waals surface area (Å²) in [5.74, 6) is -2.33. The Morgan fingerprint density at radius 2 is 1.49 bits per heavy atom. The Morgan fingerprint density at radius 1 is 0.892 bits per heavy atom. The van der Waals surface area contributed by atoms with Crippen LogP contribution in [-0.4, -0.2) is 56.8 Å². The molecule has 7 aliphatic rings. The molecule has 4 saturated carbocycles. The molecule has 15 atom stereocenters. The summed E-state index contributed by atoms with van der Waals surface area (Å²) in [7, 11) is 0. The van der Waals surface area contributed by atoms with Gasteiger partial charge in [0.15, 0.2) is 0 Å². The van der Waals surface area contributed by atoms with Gasteiger partial charge in [-0.15, -0.1) is 0 Å². The predicted octanol–water partition coefficient (Wildman–Crippen LogP) is 2.77. The molecule has 2 saturated heterocycles. The zero-order valence-electron chi connectivity index (χ0n) is 22.4. The summed E-state index contributed by atoms with van der Waals surface area (Å²) < 4.78 is 12.3.